The third-order valence-corrected chi connectivity index (χ3v) is 8.85. The molecule has 8 nitrogen and oxygen atoms in total. The van der Waals surface area contributed by atoms with E-state index >= 15 is 0 Å². The van der Waals surface area contributed by atoms with Crippen molar-refractivity contribution in [1.82, 2.24) is 5.32 Å². The van der Waals surface area contributed by atoms with Crippen LogP contribution in [0, 0.1) is 0 Å². The molecule has 1 aliphatic rings. The fourth-order valence-corrected chi connectivity index (χ4v) is 6.43. The van der Waals surface area contributed by atoms with Crippen LogP contribution in [0.15, 0.2) is 41.3 Å². The van der Waals surface area contributed by atoms with Gasteiger partial charge in [0, 0.05) is 31.1 Å². The van der Waals surface area contributed by atoms with Crippen LogP contribution < -0.4 is 10.1 Å². The van der Waals surface area contributed by atoms with E-state index in [-0.39, 0.29) is 6.61 Å². The van der Waals surface area contributed by atoms with Crippen molar-refractivity contribution in [2.75, 3.05) is 32.1 Å². The number of unbranched alkanes of at least 4 members (excludes halogenated alkanes) is 4. The van der Waals surface area contributed by atoms with E-state index in [9.17, 15) is 24.1 Å². The van der Waals surface area contributed by atoms with Crippen molar-refractivity contribution in [1.29, 1.82) is 0 Å². The van der Waals surface area contributed by atoms with Gasteiger partial charge >= 0.3 is 0 Å². The van der Waals surface area contributed by atoms with Crippen LogP contribution in [0.1, 0.15) is 73.3 Å². The lowest BCUT2D eigenvalue weighted by molar-refractivity contribution is -0.120. The average Bonchev–Trinajstić information content (AvgIpc) is 2.91. The first-order valence-electron chi connectivity index (χ1n) is 13.6. The second kappa shape index (κ2) is 16.2. The molecule has 0 saturated heterocycles. The summed E-state index contributed by atoms with van der Waals surface area (Å²) < 4.78 is 31.2. The fraction of sp³-hybridized carbons (Fsp3) is 0.552. The van der Waals surface area contributed by atoms with Crippen molar-refractivity contribution in [2.45, 2.75) is 75.4 Å². The van der Waals surface area contributed by atoms with Crippen molar-refractivity contribution >= 4 is 17.1 Å². The molecule has 1 aliphatic heterocycles. The number of fused-ring (bicyclic) bond motifs is 1. The van der Waals surface area contributed by atoms with E-state index in [1.54, 1.807) is 18.2 Å². The molecule has 0 fully saturated rings. The zero-order chi connectivity index (χ0) is 27.2. The summed E-state index contributed by atoms with van der Waals surface area (Å²) in [5, 5.41) is 23.0. The minimum Gasteiger partial charge on any atom is -0.428 e. The molecule has 0 amide bonds. The summed E-state index contributed by atoms with van der Waals surface area (Å²) >= 11 is 0. The third-order valence-electron chi connectivity index (χ3n) is 6.91. The topological polar surface area (TPSA) is 128 Å². The predicted molar refractivity (Wildman–Crippen MR) is 150 cm³/mol. The summed E-state index contributed by atoms with van der Waals surface area (Å²) in [6.45, 7) is 2.79. The summed E-state index contributed by atoms with van der Waals surface area (Å²) in [5.41, 5.74) is 3.39. The number of carbonyl (C=O) groups is 1. The van der Waals surface area contributed by atoms with E-state index in [0.29, 0.717) is 35.6 Å². The number of nitrogens with one attached hydrogen (secondary N) is 1. The molecule has 0 unspecified atom stereocenters. The number of hydrogen-bond acceptors (Lipinski definition) is 8. The van der Waals surface area contributed by atoms with Crippen LogP contribution in [-0.2, 0) is 29.0 Å². The van der Waals surface area contributed by atoms with Gasteiger partial charge in [-0.3, -0.25) is 13.9 Å². The molecule has 0 bridgehead atoms. The first-order valence-corrected chi connectivity index (χ1v) is 15.3. The summed E-state index contributed by atoms with van der Waals surface area (Å²) in [5.74, 6) is 0.782. The van der Waals surface area contributed by atoms with Gasteiger partial charge < -0.3 is 25.0 Å². The first-order chi connectivity index (χ1) is 18.4. The van der Waals surface area contributed by atoms with Gasteiger partial charge in [-0.2, -0.15) is 10.6 Å². The second-order valence-electron chi connectivity index (χ2n) is 9.86. The van der Waals surface area contributed by atoms with Crippen LogP contribution in [0.5, 0.6) is 5.75 Å². The number of aryl methyl sites for hydroxylation is 2. The third kappa shape index (κ3) is 9.64. The quantitative estimate of drug-likeness (QED) is 0.130. The van der Waals surface area contributed by atoms with Crippen LogP contribution >= 0.6 is 10.6 Å². The minimum absolute atomic E-state index is 0.270. The standard InChI is InChI=1S/C29H43NO7S/c31-21-26-19-25(12-13-28(26)37-22-32)27(33)20-30-14-4-1-2-5-15-36-16-6-3-8-23-10-11-24-9-7-17-38(34,35)29(24)18-23/h10-13,18-19,22,27,30-31,33-35H,1-9,14-17,20-21H2/t27-/m0/s1. The number of aliphatic hydroxyl groups is 2. The predicted octanol–water partition coefficient (Wildman–Crippen LogP) is 4.99. The molecule has 212 valence electrons. The highest BCUT2D eigenvalue weighted by Crippen LogP contribution is 2.53. The maximum absolute atomic E-state index is 10.5. The zero-order valence-electron chi connectivity index (χ0n) is 22.1. The Kier molecular flexibility index (Phi) is 13.0. The molecule has 9 heteroatoms. The first kappa shape index (κ1) is 30.6. The van der Waals surface area contributed by atoms with Gasteiger partial charge in [-0.05, 0) is 86.4 Å². The highest BCUT2D eigenvalue weighted by molar-refractivity contribution is 8.24. The molecule has 3 rings (SSSR count). The van der Waals surface area contributed by atoms with Crippen molar-refractivity contribution in [3.05, 3.63) is 58.7 Å². The van der Waals surface area contributed by atoms with Crippen molar-refractivity contribution < 1.29 is 33.6 Å². The van der Waals surface area contributed by atoms with Gasteiger partial charge in [-0.1, -0.05) is 31.0 Å². The maximum Gasteiger partial charge on any atom is 0.298 e. The van der Waals surface area contributed by atoms with Crippen molar-refractivity contribution in [3.63, 3.8) is 0 Å². The lowest BCUT2D eigenvalue weighted by Gasteiger charge is -2.38. The molecule has 2 aromatic carbocycles. The second-order valence-corrected chi connectivity index (χ2v) is 12.0. The van der Waals surface area contributed by atoms with Gasteiger partial charge in [0.15, 0.2) is 0 Å². The molecule has 2 aromatic rings. The van der Waals surface area contributed by atoms with Gasteiger partial charge in [0.25, 0.3) is 6.47 Å². The van der Waals surface area contributed by atoms with Gasteiger partial charge in [0.1, 0.15) is 5.75 Å². The summed E-state index contributed by atoms with van der Waals surface area (Å²) in [7, 11) is -2.60. The molecule has 0 spiro atoms. The zero-order valence-corrected chi connectivity index (χ0v) is 23.0. The molecule has 0 radical (unpaired) electrons. The molecule has 38 heavy (non-hydrogen) atoms. The number of carbonyl (C=O) groups excluding carboxylic acids is 1. The number of rotatable bonds is 18. The summed E-state index contributed by atoms with van der Waals surface area (Å²) in [6.07, 6.45) is 8.26. The normalized spacial score (nSPS) is 16.0. The molecule has 0 aromatic heterocycles. The van der Waals surface area contributed by atoms with E-state index in [2.05, 4.69) is 17.4 Å². The van der Waals surface area contributed by atoms with E-state index in [1.165, 1.54) is 5.56 Å². The SMILES string of the molecule is O=COc1ccc([C@@H](O)CNCCCCCCOCCCCc2ccc3c(c2)S(O)(O)CCC3)cc1CO. The van der Waals surface area contributed by atoms with Crippen LogP contribution in [0.4, 0.5) is 0 Å². The van der Waals surface area contributed by atoms with Crippen molar-refractivity contribution in [3.8, 4) is 5.75 Å². The maximum atomic E-state index is 10.5. The van der Waals surface area contributed by atoms with Crippen LogP contribution in [0.3, 0.4) is 0 Å². The molecular formula is C29H43NO7S. The number of benzene rings is 2. The van der Waals surface area contributed by atoms with Crippen molar-refractivity contribution in [2.24, 2.45) is 0 Å². The molecule has 0 aliphatic carbocycles. The largest absolute Gasteiger partial charge is 0.428 e. The molecule has 5 N–H and O–H groups in total. The Morgan fingerprint density at radius 3 is 2.58 bits per heavy atom. The molecule has 1 atom stereocenters. The smallest absolute Gasteiger partial charge is 0.298 e. The lowest BCUT2D eigenvalue weighted by Crippen LogP contribution is -2.22. The molecular weight excluding hydrogens is 506 g/mol. The molecule has 1 heterocycles. The van der Waals surface area contributed by atoms with Crippen LogP contribution in [-0.4, -0.2) is 57.8 Å². The number of hydrogen-bond donors (Lipinski definition) is 5. The number of ether oxygens (including phenoxy) is 2. The Morgan fingerprint density at radius 1 is 1.00 bits per heavy atom. The Labute approximate surface area is 227 Å². The minimum atomic E-state index is -2.60. The lowest BCUT2D eigenvalue weighted by atomic mass is 10.0. The fourth-order valence-electron chi connectivity index (χ4n) is 4.74. The number of aliphatic hydroxyl groups excluding tert-OH is 2. The highest BCUT2D eigenvalue weighted by Gasteiger charge is 2.24. The average molecular weight is 550 g/mol. The van der Waals surface area contributed by atoms with E-state index in [1.807, 2.05) is 6.07 Å². The van der Waals surface area contributed by atoms with E-state index in [0.717, 1.165) is 88.0 Å². The highest BCUT2D eigenvalue weighted by atomic mass is 32.3. The van der Waals surface area contributed by atoms with Crippen LogP contribution in [0.25, 0.3) is 0 Å². The Bertz CT molecular complexity index is 1000. The van der Waals surface area contributed by atoms with Gasteiger partial charge in [-0.25, -0.2) is 0 Å². The van der Waals surface area contributed by atoms with E-state index in [4.69, 9.17) is 9.47 Å². The Morgan fingerprint density at radius 2 is 1.79 bits per heavy atom. The monoisotopic (exact) mass is 549 g/mol. The Hall–Kier alpha value is -1.98. The van der Waals surface area contributed by atoms with Gasteiger partial charge in [-0.15, -0.1) is 0 Å². The van der Waals surface area contributed by atoms with Gasteiger partial charge in [0.2, 0.25) is 0 Å². The van der Waals surface area contributed by atoms with Gasteiger partial charge in [0.05, 0.1) is 17.6 Å². The summed E-state index contributed by atoms with van der Waals surface area (Å²) in [6, 6.07) is 11.1. The van der Waals surface area contributed by atoms with Crippen LogP contribution in [0.2, 0.25) is 0 Å². The molecule has 0 saturated carbocycles. The van der Waals surface area contributed by atoms with E-state index < -0.39 is 16.7 Å². The Balaban J connectivity index is 1.17. The summed E-state index contributed by atoms with van der Waals surface area (Å²) in [4.78, 5) is 11.3.